The van der Waals surface area contributed by atoms with E-state index in [9.17, 15) is 28.4 Å². The van der Waals surface area contributed by atoms with Crippen LogP contribution in [0.2, 0.25) is 0 Å². The van der Waals surface area contributed by atoms with Gasteiger partial charge in [0.1, 0.15) is 12.7 Å². The third-order valence-corrected chi connectivity index (χ3v) is 6.97. The standard InChI is InChI=1S/C26H28N2O9S2/c1-39(33,34)37-24(17-35-25(29)20-12-14-21(15-13-20)28(31)32)23(18-38-22-10-6-3-7-11-22)27-26(30)36-16-19-8-4-2-5-9-19/h2-15,23-25,29H,16-18H2,1H3,(H,27,30)/t23-,24?,25?/m0/s1. The van der Waals surface area contributed by atoms with E-state index in [-0.39, 0.29) is 23.6 Å². The summed E-state index contributed by atoms with van der Waals surface area (Å²) in [5.41, 5.74) is 0.811. The van der Waals surface area contributed by atoms with E-state index in [0.29, 0.717) is 0 Å². The number of aliphatic hydroxyl groups excluding tert-OH is 1. The van der Waals surface area contributed by atoms with Crippen molar-refractivity contribution < 1.29 is 36.9 Å². The van der Waals surface area contributed by atoms with Gasteiger partial charge in [0, 0.05) is 28.3 Å². The minimum absolute atomic E-state index is 0.00181. The molecule has 2 unspecified atom stereocenters. The zero-order valence-corrected chi connectivity index (χ0v) is 22.5. The van der Waals surface area contributed by atoms with Crippen LogP contribution in [-0.4, -0.2) is 55.3 Å². The first kappa shape index (κ1) is 30.1. The zero-order valence-electron chi connectivity index (χ0n) is 20.9. The van der Waals surface area contributed by atoms with E-state index in [4.69, 9.17) is 13.7 Å². The molecule has 39 heavy (non-hydrogen) atoms. The minimum atomic E-state index is -4.01. The summed E-state index contributed by atoms with van der Waals surface area (Å²) in [4.78, 5) is 23.8. The lowest BCUT2D eigenvalue weighted by Gasteiger charge is -2.27. The number of alkyl carbamates (subject to hydrolysis) is 1. The molecule has 3 atom stereocenters. The van der Waals surface area contributed by atoms with Gasteiger partial charge in [-0.2, -0.15) is 8.42 Å². The Morgan fingerprint density at radius 2 is 1.64 bits per heavy atom. The SMILES string of the molecule is CS(=O)(=O)OC(COC(O)c1ccc([N+](=O)[O-])cc1)[C@H](CSc1ccccc1)NC(=O)OCc1ccccc1. The number of hydrogen-bond donors (Lipinski definition) is 2. The van der Waals surface area contributed by atoms with E-state index in [2.05, 4.69) is 5.32 Å². The summed E-state index contributed by atoms with van der Waals surface area (Å²) in [6, 6.07) is 22.4. The normalized spacial score (nSPS) is 13.7. The number of rotatable bonds is 14. The molecular formula is C26H28N2O9S2. The highest BCUT2D eigenvalue weighted by Crippen LogP contribution is 2.23. The molecule has 0 fully saturated rings. The van der Waals surface area contributed by atoms with Crippen molar-refractivity contribution in [2.24, 2.45) is 0 Å². The Morgan fingerprint density at radius 3 is 2.23 bits per heavy atom. The van der Waals surface area contributed by atoms with E-state index in [0.717, 1.165) is 16.7 Å². The highest BCUT2D eigenvalue weighted by atomic mass is 32.2. The molecule has 0 heterocycles. The number of thioether (sulfide) groups is 1. The van der Waals surface area contributed by atoms with Crippen LogP contribution in [-0.2, 0) is 30.4 Å². The van der Waals surface area contributed by atoms with Crippen molar-refractivity contribution in [3.63, 3.8) is 0 Å². The smallest absolute Gasteiger partial charge is 0.407 e. The van der Waals surface area contributed by atoms with E-state index in [1.54, 1.807) is 24.3 Å². The molecule has 0 aromatic heterocycles. The molecule has 3 rings (SSSR count). The number of carbonyl (C=O) groups is 1. The molecule has 0 spiro atoms. The van der Waals surface area contributed by atoms with Crippen LogP contribution in [0.15, 0.2) is 89.8 Å². The van der Waals surface area contributed by atoms with Crippen LogP contribution >= 0.6 is 11.8 Å². The first-order valence-electron chi connectivity index (χ1n) is 11.7. The number of carbonyl (C=O) groups excluding carboxylic acids is 1. The molecule has 0 radical (unpaired) electrons. The highest BCUT2D eigenvalue weighted by Gasteiger charge is 2.30. The minimum Gasteiger partial charge on any atom is -0.445 e. The quantitative estimate of drug-likeness (QED) is 0.0945. The summed E-state index contributed by atoms with van der Waals surface area (Å²) in [6.45, 7) is -0.442. The molecule has 11 nitrogen and oxygen atoms in total. The van der Waals surface area contributed by atoms with Crippen molar-refractivity contribution in [3.8, 4) is 0 Å². The number of benzene rings is 3. The third kappa shape index (κ3) is 10.7. The molecule has 0 saturated carbocycles. The van der Waals surface area contributed by atoms with Gasteiger partial charge in [0.2, 0.25) is 0 Å². The number of ether oxygens (including phenoxy) is 2. The maximum Gasteiger partial charge on any atom is 0.407 e. The fourth-order valence-electron chi connectivity index (χ4n) is 3.34. The average molecular weight is 577 g/mol. The Balaban J connectivity index is 1.74. The van der Waals surface area contributed by atoms with Gasteiger partial charge in [0.15, 0.2) is 6.29 Å². The zero-order chi connectivity index (χ0) is 28.3. The van der Waals surface area contributed by atoms with Crippen molar-refractivity contribution in [2.45, 2.75) is 29.9 Å². The van der Waals surface area contributed by atoms with Crippen LogP contribution in [0.1, 0.15) is 17.4 Å². The Labute approximate surface area is 230 Å². The molecule has 2 N–H and O–H groups in total. The summed E-state index contributed by atoms with van der Waals surface area (Å²) in [7, 11) is -4.01. The maximum atomic E-state index is 12.7. The lowest BCUT2D eigenvalue weighted by Crippen LogP contribution is -2.49. The number of nitrogens with one attached hydrogen (secondary N) is 1. The molecular weight excluding hydrogens is 548 g/mol. The predicted octanol–water partition coefficient (Wildman–Crippen LogP) is 4.03. The second kappa shape index (κ2) is 14.6. The van der Waals surface area contributed by atoms with Crippen LogP contribution in [0.4, 0.5) is 10.5 Å². The second-order valence-corrected chi connectivity index (χ2v) is 11.0. The van der Waals surface area contributed by atoms with E-state index >= 15 is 0 Å². The lowest BCUT2D eigenvalue weighted by atomic mass is 10.2. The van der Waals surface area contributed by atoms with Crippen LogP contribution in [0.5, 0.6) is 0 Å². The van der Waals surface area contributed by atoms with E-state index < -0.39 is 46.2 Å². The van der Waals surface area contributed by atoms with Gasteiger partial charge in [-0.05, 0) is 29.8 Å². The number of nitrogens with zero attached hydrogens (tertiary/aromatic N) is 1. The molecule has 0 aliphatic rings. The van der Waals surface area contributed by atoms with E-state index in [1.165, 1.54) is 36.0 Å². The van der Waals surface area contributed by atoms with Gasteiger partial charge in [0.05, 0.1) is 23.8 Å². The summed E-state index contributed by atoms with van der Waals surface area (Å²) in [6.07, 6.45) is -2.71. The molecule has 208 valence electrons. The van der Waals surface area contributed by atoms with Gasteiger partial charge in [-0.25, -0.2) is 4.79 Å². The fourth-order valence-corrected chi connectivity index (χ4v) is 5.00. The molecule has 0 bridgehead atoms. The summed E-state index contributed by atoms with van der Waals surface area (Å²) in [5, 5.41) is 24.0. The molecule has 0 aliphatic carbocycles. The first-order valence-corrected chi connectivity index (χ1v) is 14.5. The maximum absolute atomic E-state index is 12.7. The second-order valence-electron chi connectivity index (χ2n) is 8.31. The van der Waals surface area contributed by atoms with Gasteiger partial charge in [-0.1, -0.05) is 48.5 Å². The van der Waals surface area contributed by atoms with Crippen LogP contribution in [0.25, 0.3) is 0 Å². The molecule has 0 saturated heterocycles. The number of non-ortho nitro benzene ring substituents is 1. The van der Waals surface area contributed by atoms with Gasteiger partial charge in [0.25, 0.3) is 15.8 Å². The first-order chi connectivity index (χ1) is 18.6. The summed E-state index contributed by atoms with van der Waals surface area (Å²) < 4.78 is 40.2. The number of aliphatic hydroxyl groups is 1. The van der Waals surface area contributed by atoms with Crippen LogP contribution in [0.3, 0.4) is 0 Å². The summed E-state index contributed by atoms with van der Waals surface area (Å²) >= 11 is 1.35. The number of nitro groups is 1. The summed E-state index contributed by atoms with van der Waals surface area (Å²) in [5.74, 6) is 0.182. The van der Waals surface area contributed by atoms with Crippen molar-refractivity contribution in [2.75, 3.05) is 18.6 Å². The number of amides is 1. The van der Waals surface area contributed by atoms with Crippen molar-refractivity contribution in [3.05, 3.63) is 106 Å². The predicted molar refractivity (Wildman–Crippen MR) is 144 cm³/mol. The monoisotopic (exact) mass is 576 g/mol. The molecule has 3 aromatic rings. The Morgan fingerprint density at radius 1 is 1.03 bits per heavy atom. The Bertz CT molecular complexity index is 1310. The van der Waals surface area contributed by atoms with Crippen molar-refractivity contribution in [1.29, 1.82) is 0 Å². The van der Waals surface area contributed by atoms with Crippen LogP contribution in [0, 0.1) is 10.1 Å². The molecule has 3 aromatic carbocycles. The fraction of sp³-hybridized carbons (Fsp3) is 0.269. The number of hydrogen-bond acceptors (Lipinski definition) is 10. The van der Waals surface area contributed by atoms with Gasteiger partial charge in [-0.3, -0.25) is 14.3 Å². The largest absolute Gasteiger partial charge is 0.445 e. The van der Waals surface area contributed by atoms with Crippen molar-refractivity contribution in [1.82, 2.24) is 5.32 Å². The van der Waals surface area contributed by atoms with Crippen molar-refractivity contribution >= 4 is 33.7 Å². The average Bonchev–Trinajstić information content (AvgIpc) is 2.92. The van der Waals surface area contributed by atoms with Crippen LogP contribution < -0.4 is 5.32 Å². The molecule has 13 heteroatoms. The Kier molecular flexibility index (Phi) is 11.3. The van der Waals surface area contributed by atoms with E-state index in [1.807, 2.05) is 36.4 Å². The molecule has 1 amide bonds. The highest BCUT2D eigenvalue weighted by molar-refractivity contribution is 7.99. The third-order valence-electron chi connectivity index (χ3n) is 5.24. The van der Waals surface area contributed by atoms with Gasteiger partial charge >= 0.3 is 6.09 Å². The topological polar surface area (TPSA) is 154 Å². The molecule has 0 aliphatic heterocycles. The van der Waals surface area contributed by atoms with Gasteiger partial charge < -0.3 is 19.9 Å². The van der Waals surface area contributed by atoms with Gasteiger partial charge in [-0.15, -0.1) is 11.8 Å². The Hall–Kier alpha value is -3.49. The number of nitro benzene ring substituents is 1. The lowest BCUT2D eigenvalue weighted by molar-refractivity contribution is -0.384.